The van der Waals surface area contributed by atoms with Crippen LogP contribution < -0.4 is 10.7 Å². The Kier molecular flexibility index (Phi) is 6.98. The summed E-state index contributed by atoms with van der Waals surface area (Å²) in [6, 6.07) is 4.61. The molecule has 1 amide bonds. The number of benzene rings is 1. The van der Waals surface area contributed by atoms with Gasteiger partial charge in [0.25, 0.3) is 5.91 Å². The zero-order valence-corrected chi connectivity index (χ0v) is 18.8. The average molecular weight is 434 g/mol. The highest BCUT2D eigenvalue weighted by molar-refractivity contribution is 7.89. The highest BCUT2D eigenvalue weighted by Gasteiger charge is 2.26. The molecule has 1 aliphatic heterocycles. The Morgan fingerprint density at radius 1 is 1.13 bits per heavy atom. The highest BCUT2D eigenvalue weighted by atomic mass is 32.2. The van der Waals surface area contributed by atoms with E-state index in [2.05, 4.69) is 5.32 Å². The van der Waals surface area contributed by atoms with Crippen LogP contribution in [-0.2, 0) is 16.6 Å². The summed E-state index contributed by atoms with van der Waals surface area (Å²) in [5, 5.41) is 3.08. The van der Waals surface area contributed by atoms with Crippen LogP contribution in [0, 0.1) is 0 Å². The van der Waals surface area contributed by atoms with Gasteiger partial charge in [-0.15, -0.1) is 0 Å². The standard InChI is InChI=1S/C22H31N3O4S/c1-4-16(3)23-22(27)19-15-24(5-2)20-11-10-17(14-18(20)21(19)26)30(28,29)25-12-8-6-7-9-13-25/h10-11,14-16H,4-9,12-13H2,1-3H3,(H,23,27)/t16-/m1/s1. The fourth-order valence-electron chi connectivity index (χ4n) is 3.80. The van der Waals surface area contributed by atoms with E-state index < -0.39 is 21.4 Å². The molecule has 0 saturated carbocycles. The van der Waals surface area contributed by atoms with Gasteiger partial charge in [-0.2, -0.15) is 4.31 Å². The molecule has 1 atom stereocenters. The lowest BCUT2D eigenvalue weighted by molar-refractivity contribution is 0.0937. The zero-order valence-electron chi connectivity index (χ0n) is 18.0. The van der Waals surface area contributed by atoms with E-state index in [1.807, 2.05) is 25.3 Å². The molecule has 30 heavy (non-hydrogen) atoms. The molecule has 1 aromatic heterocycles. The molecule has 8 heteroatoms. The number of amides is 1. The number of rotatable bonds is 6. The van der Waals surface area contributed by atoms with Crippen LogP contribution in [0.2, 0.25) is 0 Å². The molecule has 2 heterocycles. The van der Waals surface area contributed by atoms with E-state index in [-0.39, 0.29) is 21.9 Å². The number of carbonyl (C=O) groups excluding carboxylic acids is 1. The van der Waals surface area contributed by atoms with Gasteiger partial charge >= 0.3 is 0 Å². The summed E-state index contributed by atoms with van der Waals surface area (Å²) in [4.78, 5) is 25.9. The van der Waals surface area contributed by atoms with Crippen molar-refractivity contribution in [2.75, 3.05) is 13.1 Å². The first-order valence-corrected chi connectivity index (χ1v) is 12.2. The molecule has 1 aromatic carbocycles. The van der Waals surface area contributed by atoms with E-state index in [0.29, 0.717) is 25.2 Å². The SMILES string of the molecule is CC[C@@H](C)NC(=O)c1cn(CC)c2ccc(S(=O)(=O)N3CCCCCC3)cc2c1=O. The number of nitrogens with one attached hydrogen (secondary N) is 1. The van der Waals surface area contributed by atoms with Gasteiger partial charge in [-0.05, 0) is 51.3 Å². The fraction of sp³-hybridized carbons (Fsp3) is 0.545. The minimum Gasteiger partial charge on any atom is -0.349 e. The van der Waals surface area contributed by atoms with Gasteiger partial charge in [-0.1, -0.05) is 19.8 Å². The maximum atomic E-state index is 13.2. The van der Waals surface area contributed by atoms with Crippen LogP contribution in [0.1, 0.15) is 63.2 Å². The van der Waals surface area contributed by atoms with Crippen LogP contribution in [0.3, 0.4) is 0 Å². The third-order valence-corrected chi connectivity index (χ3v) is 7.72. The van der Waals surface area contributed by atoms with Crippen molar-refractivity contribution in [2.24, 2.45) is 0 Å². The molecule has 0 unspecified atom stereocenters. The Hall–Kier alpha value is -2.19. The molecule has 1 aliphatic rings. The average Bonchev–Trinajstić information content (AvgIpc) is 3.03. The minimum absolute atomic E-state index is 0.0361. The molecule has 1 fully saturated rings. The van der Waals surface area contributed by atoms with E-state index >= 15 is 0 Å². The lowest BCUT2D eigenvalue weighted by atomic mass is 10.1. The van der Waals surface area contributed by atoms with Gasteiger partial charge in [0.1, 0.15) is 5.56 Å². The van der Waals surface area contributed by atoms with Gasteiger partial charge in [-0.3, -0.25) is 9.59 Å². The first kappa shape index (κ1) is 22.5. The molecule has 0 bridgehead atoms. The molecular formula is C22H31N3O4S. The van der Waals surface area contributed by atoms with E-state index in [9.17, 15) is 18.0 Å². The largest absolute Gasteiger partial charge is 0.349 e. The van der Waals surface area contributed by atoms with Gasteiger partial charge < -0.3 is 9.88 Å². The molecule has 1 N–H and O–H groups in total. The number of sulfonamides is 1. The van der Waals surface area contributed by atoms with Crippen LogP contribution in [0.4, 0.5) is 0 Å². The Morgan fingerprint density at radius 3 is 2.40 bits per heavy atom. The zero-order chi connectivity index (χ0) is 21.9. The Labute approximate surface area is 178 Å². The third-order valence-electron chi connectivity index (χ3n) is 5.83. The normalized spacial score (nSPS) is 16.9. The Balaban J connectivity index is 2.11. The van der Waals surface area contributed by atoms with E-state index in [4.69, 9.17) is 0 Å². The highest BCUT2D eigenvalue weighted by Crippen LogP contribution is 2.23. The monoisotopic (exact) mass is 433 g/mol. The van der Waals surface area contributed by atoms with Crippen molar-refractivity contribution in [3.63, 3.8) is 0 Å². The van der Waals surface area contributed by atoms with E-state index in [1.54, 1.807) is 18.3 Å². The Morgan fingerprint density at radius 2 is 1.80 bits per heavy atom. The number of pyridine rings is 1. The van der Waals surface area contributed by atoms with Crippen LogP contribution in [0.5, 0.6) is 0 Å². The number of aromatic nitrogens is 1. The summed E-state index contributed by atoms with van der Waals surface area (Å²) in [6.07, 6.45) is 6.05. The van der Waals surface area contributed by atoms with Crippen molar-refractivity contribution in [3.05, 3.63) is 40.2 Å². The van der Waals surface area contributed by atoms with Crippen LogP contribution in [0.15, 0.2) is 34.1 Å². The van der Waals surface area contributed by atoms with Gasteiger partial charge in [-0.25, -0.2) is 8.42 Å². The number of aryl methyl sites for hydroxylation is 1. The lowest BCUT2D eigenvalue weighted by Gasteiger charge is -2.20. The number of hydrogen-bond donors (Lipinski definition) is 1. The first-order valence-electron chi connectivity index (χ1n) is 10.8. The maximum absolute atomic E-state index is 13.2. The second-order valence-corrected chi connectivity index (χ2v) is 9.88. The molecule has 0 spiro atoms. The molecule has 7 nitrogen and oxygen atoms in total. The van der Waals surface area contributed by atoms with Crippen molar-refractivity contribution in [3.8, 4) is 0 Å². The number of fused-ring (bicyclic) bond motifs is 1. The van der Waals surface area contributed by atoms with E-state index in [0.717, 1.165) is 32.1 Å². The molecule has 1 saturated heterocycles. The third kappa shape index (κ3) is 4.44. The predicted octanol–water partition coefficient (Wildman–Crippen LogP) is 3.11. The summed E-state index contributed by atoms with van der Waals surface area (Å²) in [5.74, 6) is -0.431. The predicted molar refractivity (Wildman–Crippen MR) is 118 cm³/mol. The van der Waals surface area contributed by atoms with Crippen molar-refractivity contribution >= 4 is 26.8 Å². The molecule has 3 rings (SSSR count). The van der Waals surface area contributed by atoms with Crippen molar-refractivity contribution < 1.29 is 13.2 Å². The van der Waals surface area contributed by atoms with E-state index in [1.165, 1.54) is 10.4 Å². The van der Waals surface area contributed by atoms with Gasteiger partial charge in [0.2, 0.25) is 15.5 Å². The number of nitrogens with zero attached hydrogens (tertiary/aromatic N) is 2. The fourth-order valence-corrected chi connectivity index (χ4v) is 5.34. The number of hydrogen-bond acceptors (Lipinski definition) is 4. The minimum atomic E-state index is -3.68. The molecular weight excluding hydrogens is 402 g/mol. The van der Waals surface area contributed by atoms with Crippen LogP contribution in [0.25, 0.3) is 10.9 Å². The molecule has 0 aliphatic carbocycles. The topological polar surface area (TPSA) is 88.5 Å². The Bertz CT molecular complexity index is 1080. The summed E-state index contributed by atoms with van der Waals surface area (Å²) in [5.41, 5.74) is 0.217. The molecule has 164 valence electrons. The van der Waals surface area contributed by atoms with Crippen molar-refractivity contribution in [1.29, 1.82) is 0 Å². The lowest BCUT2D eigenvalue weighted by Crippen LogP contribution is -2.35. The van der Waals surface area contributed by atoms with Gasteiger partial charge in [0, 0.05) is 37.3 Å². The van der Waals surface area contributed by atoms with Crippen molar-refractivity contribution in [1.82, 2.24) is 14.2 Å². The van der Waals surface area contributed by atoms with Crippen molar-refractivity contribution in [2.45, 2.75) is 70.4 Å². The summed E-state index contributed by atoms with van der Waals surface area (Å²) in [7, 11) is -3.68. The maximum Gasteiger partial charge on any atom is 0.256 e. The molecule has 0 radical (unpaired) electrons. The summed E-state index contributed by atoms with van der Waals surface area (Å²) in [6.45, 7) is 7.30. The van der Waals surface area contributed by atoms with Crippen LogP contribution in [-0.4, -0.2) is 42.3 Å². The smallest absolute Gasteiger partial charge is 0.256 e. The number of carbonyl (C=O) groups is 1. The van der Waals surface area contributed by atoms with Crippen LogP contribution >= 0.6 is 0 Å². The first-order chi connectivity index (χ1) is 14.3. The quantitative estimate of drug-likeness (QED) is 0.758. The van der Waals surface area contributed by atoms with Gasteiger partial charge in [0.15, 0.2) is 0 Å². The second kappa shape index (κ2) is 9.31. The second-order valence-electron chi connectivity index (χ2n) is 7.94. The van der Waals surface area contributed by atoms with Gasteiger partial charge in [0.05, 0.1) is 10.4 Å². The summed E-state index contributed by atoms with van der Waals surface area (Å²) < 4.78 is 29.7. The summed E-state index contributed by atoms with van der Waals surface area (Å²) >= 11 is 0. The molecule has 2 aromatic rings.